The first-order chi connectivity index (χ1) is 8.74. The second-order valence-electron chi connectivity index (χ2n) is 4.28. The Bertz CT molecular complexity index is 391. The molecule has 0 aromatic heterocycles. The minimum absolute atomic E-state index is 0.223. The largest absolute Gasteiger partial charge is 0.493 e. The zero-order valence-electron chi connectivity index (χ0n) is 11.1. The van der Waals surface area contributed by atoms with Crippen molar-refractivity contribution in [3.8, 4) is 11.5 Å². The Morgan fingerprint density at radius 2 is 2.17 bits per heavy atom. The maximum atomic E-state index is 5.75. The minimum Gasteiger partial charge on any atom is -0.493 e. The number of rotatable bonds is 4. The molecule has 18 heavy (non-hydrogen) atoms. The Kier molecular flexibility index (Phi) is 4.44. The highest BCUT2D eigenvalue weighted by atomic mass is 16.7. The molecule has 100 valence electrons. The van der Waals surface area contributed by atoms with E-state index in [9.17, 15) is 0 Å². The van der Waals surface area contributed by atoms with Gasteiger partial charge in [0.1, 0.15) is 0 Å². The van der Waals surface area contributed by atoms with Gasteiger partial charge in [0.25, 0.3) is 0 Å². The molecule has 0 spiro atoms. The molecule has 1 aromatic rings. The summed E-state index contributed by atoms with van der Waals surface area (Å²) in [6.07, 6.45) is 0.852. The van der Waals surface area contributed by atoms with E-state index >= 15 is 0 Å². The molecule has 1 fully saturated rings. The van der Waals surface area contributed by atoms with Gasteiger partial charge in [0.2, 0.25) is 0 Å². The van der Waals surface area contributed by atoms with Gasteiger partial charge in [-0.3, -0.25) is 0 Å². The third kappa shape index (κ3) is 2.94. The molecule has 1 aliphatic heterocycles. The Morgan fingerprint density at radius 3 is 2.83 bits per heavy atom. The highest BCUT2D eigenvalue weighted by Crippen LogP contribution is 2.33. The van der Waals surface area contributed by atoms with Crippen molar-refractivity contribution in [2.45, 2.75) is 32.7 Å². The van der Waals surface area contributed by atoms with Gasteiger partial charge < -0.3 is 18.9 Å². The van der Waals surface area contributed by atoms with E-state index in [1.807, 2.05) is 25.1 Å². The second kappa shape index (κ2) is 6.07. The van der Waals surface area contributed by atoms with Gasteiger partial charge >= 0.3 is 0 Å². The van der Waals surface area contributed by atoms with Crippen LogP contribution in [0.4, 0.5) is 0 Å². The molecule has 1 aliphatic rings. The van der Waals surface area contributed by atoms with E-state index in [0.29, 0.717) is 12.4 Å². The van der Waals surface area contributed by atoms with Crippen LogP contribution in [0.5, 0.6) is 11.5 Å². The zero-order chi connectivity index (χ0) is 13.0. The lowest BCUT2D eigenvalue weighted by Gasteiger charge is -2.28. The van der Waals surface area contributed by atoms with E-state index in [0.717, 1.165) is 24.3 Å². The van der Waals surface area contributed by atoms with Crippen LogP contribution in [-0.4, -0.2) is 26.4 Å². The van der Waals surface area contributed by atoms with Gasteiger partial charge in [-0.1, -0.05) is 6.07 Å². The Hall–Kier alpha value is -1.26. The first-order valence-electron chi connectivity index (χ1n) is 6.32. The van der Waals surface area contributed by atoms with Crippen LogP contribution in [0.2, 0.25) is 0 Å². The van der Waals surface area contributed by atoms with Crippen LogP contribution in [0.3, 0.4) is 0 Å². The summed E-state index contributed by atoms with van der Waals surface area (Å²) in [5, 5.41) is 0. The summed E-state index contributed by atoms with van der Waals surface area (Å²) in [5.74, 6) is 1.45. The predicted octanol–water partition coefficient (Wildman–Crippen LogP) is 2.92. The van der Waals surface area contributed by atoms with Crippen LogP contribution >= 0.6 is 0 Å². The summed E-state index contributed by atoms with van der Waals surface area (Å²) in [7, 11) is 1.63. The van der Waals surface area contributed by atoms with Crippen molar-refractivity contribution in [2.75, 3.05) is 20.3 Å². The maximum Gasteiger partial charge on any atom is 0.184 e. The summed E-state index contributed by atoms with van der Waals surface area (Å²) in [6.45, 7) is 5.34. The smallest absolute Gasteiger partial charge is 0.184 e. The number of benzene rings is 1. The monoisotopic (exact) mass is 252 g/mol. The van der Waals surface area contributed by atoms with Crippen molar-refractivity contribution < 1.29 is 18.9 Å². The normalized spacial score (nSPS) is 23.7. The van der Waals surface area contributed by atoms with Crippen molar-refractivity contribution in [3.63, 3.8) is 0 Å². The molecule has 0 N–H and O–H groups in total. The van der Waals surface area contributed by atoms with E-state index in [1.165, 1.54) is 0 Å². The molecule has 0 aliphatic carbocycles. The van der Waals surface area contributed by atoms with E-state index in [2.05, 4.69) is 6.92 Å². The number of methoxy groups -OCH3 is 1. The third-order valence-electron chi connectivity index (χ3n) is 2.91. The molecule has 1 saturated heterocycles. The lowest BCUT2D eigenvalue weighted by Crippen LogP contribution is -2.24. The molecule has 1 heterocycles. The molecular weight excluding hydrogens is 232 g/mol. The van der Waals surface area contributed by atoms with Crippen LogP contribution in [0.1, 0.15) is 32.1 Å². The first kappa shape index (κ1) is 13.2. The van der Waals surface area contributed by atoms with E-state index in [1.54, 1.807) is 7.11 Å². The van der Waals surface area contributed by atoms with E-state index in [4.69, 9.17) is 18.9 Å². The van der Waals surface area contributed by atoms with Gasteiger partial charge in [-0.05, 0) is 32.4 Å². The molecule has 0 unspecified atom stereocenters. The predicted molar refractivity (Wildman–Crippen MR) is 68.0 cm³/mol. The number of hydrogen-bond donors (Lipinski definition) is 0. The molecular formula is C14H20O4. The van der Waals surface area contributed by atoms with Crippen molar-refractivity contribution >= 4 is 0 Å². The van der Waals surface area contributed by atoms with E-state index < -0.39 is 0 Å². The highest BCUT2D eigenvalue weighted by Gasteiger charge is 2.22. The van der Waals surface area contributed by atoms with Gasteiger partial charge in [0.05, 0.1) is 26.4 Å². The molecule has 0 radical (unpaired) electrons. The van der Waals surface area contributed by atoms with Gasteiger partial charge in [0.15, 0.2) is 17.8 Å². The van der Waals surface area contributed by atoms with Crippen LogP contribution in [0, 0.1) is 0 Å². The van der Waals surface area contributed by atoms with Gasteiger partial charge in [0, 0.05) is 5.56 Å². The molecule has 0 bridgehead atoms. The molecule has 2 rings (SSSR count). The maximum absolute atomic E-state index is 5.75. The highest BCUT2D eigenvalue weighted by molar-refractivity contribution is 5.43. The Morgan fingerprint density at radius 1 is 1.33 bits per heavy atom. The third-order valence-corrected chi connectivity index (χ3v) is 2.91. The topological polar surface area (TPSA) is 36.9 Å². The quantitative estimate of drug-likeness (QED) is 0.825. The van der Waals surface area contributed by atoms with Gasteiger partial charge in [-0.2, -0.15) is 0 Å². The Labute approximate surface area is 108 Å². The van der Waals surface area contributed by atoms with Crippen molar-refractivity contribution in [3.05, 3.63) is 23.8 Å². The minimum atomic E-state index is -0.307. The number of hydrogen-bond acceptors (Lipinski definition) is 4. The zero-order valence-corrected chi connectivity index (χ0v) is 11.1. The van der Waals surface area contributed by atoms with Crippen molar-refractivity contribution in [1.82, 2.24) is 0 Å². The molecule has 0 saturated carbocycles. The first-order valence-corrected chi connectivity index (χ1v) is 6.32. The van der Waals surface area contributed by atoms with Gasteiger partial charge in [-0.25, -0.2) is 0 Å². The van der Waals surface area contributed by atoms with Crippen LogP contribution in [0.15, 0.2) is 18.2 Å². The summed E-state index contributed by atoms with van der Waals surface area (Å²) >= 11 is 0. The molecule has 4 heteroatoms. The lowest BCUT2D eigenvalue weighted by molar-refractivity contribution is -0.212. The van der Waals surface area contributed by atoms with Crippen LogP contribution < -0.4 is 9.47 Å². The van der Waals surface area contributed by atoms with Gasteiger partial charge in [-0.15, -0.1) is 0 Å². The molecule has 0 amide bonds. The molecule has 4 nitrogen and oxygen atoms in total. The fourth-order valence-electron chi connectivity index (χ4n) is 1.94. The van der Waals surface area contributed by atoms with E-state index in [-0.39, 0.29) is 12.4 Å². The summed E-state index contributed by atoms with van der Waals surface area (Å²) < 4.78 is 22.2. The number of ether oxygens (including phenoxy) is 4. The van der Waals surface area contributed by atoms with Crippen LogP contribution in [0.25, 0.3) is 0 Å². The average Bonchev–Trinajstić information content (AvgIpc) is 2.39. The fraction of sp³-hybridized carbons (Fsp3) is 0.571. The second-order valence-corrected chi connectivity index (χ2v) is 4.28. The summed E-state index contributed by atoms with van der Waals surface area (Å²) in [6, 6.07) is 5.76. The van der Waals surface area contributed by atoms with Crippen molar-refractivity contribution in [2.24, 2.45) is 0 Å². The molecule has 1 aromatic carbocycles. The average molecular weight is 252 g/mol. The SMILES string of the molecule is CCOc1ccc([C@@H]2OCC[C@@H](C)O2)cc1OC. The van der Waals surface area contributed by atoms with Crippen LogP contribution in [-0.2, 0) is 9.47 Å². The lowest BCUT2D eigenvalue weighted by atomic mass is 10.1. The Balaban J connectivity index is 2.18. The molecule has 2 atom stereocenters. The fourth-order valence-corrected chi connectivity index (χ4v) is 1.94. The summed E-state index contributed by atoms with van der Waals surface area (Å²) in [5.41, 5.74) is 0.960. The summed E-state index contributed by atoms with van der Waals surface area (Å²) in [4.78, 5) is 0. The standard InChI is InChI=1S/C14H20O4/c1-4-16-12-6-5-11(9-13(12)15-3)14-17-8-7-10(2)18-14/h5-6,9-10,14H,4,7-8H2,1-3H3/t10-,14-/m1/s1. The van der Waals surface area contributed by atoms with Crippen molar-refractivity contribution in [1.29, 1.82) is 0 Å².